The Labute approximate surface area is 197 Å². The van der Waals surface area contributed by atoms with Gasteiger partial charge in [0.25, 0.3) is 0 Å². The maximum atomic E-state index is 13.2. The summed E-state index contributed by atoms with van der Waals surface area (Å²) in [4.78, 5) is 15.9. The average molecular weight is 526 g/mol. The molecule has 7 nitrogen and oxygen atoms in total. The summed E-state index contributed by atoms with van der Waals surface area (Å²) in [5, 5.41) is 12.5. The number of alkyl halides is 3. The van der Waals surface area contributed by atoms with Crippen molar-refractivity contribution in [3.05, 3.63) is 52.5 Å². The van der Waals surface area contributed by atoms with E-state index in [9.17, 15) is 18.0 Å². The fourth-order valence-corrected chi connectivity index (χ4v) is 3.34. The van der Waals surface area contributed by atoms with Crippen LogP contribution in [0.4, 0.5) is 29.3 Å². The zero-order chi connectivity index (χ0) is 24.4. The van der Waals surface area contributed by atoms with Gasteiger partial charge in [-0.05, 0) is 74.9 Å². The van der Waals surface area contributed by atoms with E-state index in [1.165, 1.54) is 21.8 Å². The number of benzene rings is 2. The summed E-state index contributed by atoms with van der Waals surface area (Å²) in [5.74, 6) is 0.264. The van der Waals surface area contributed by atoms with E-state index >= 15 is 0 Å². The molecule has 3 aromatic rings. The van der Waals surface area contributed by atoms with Crippen molar-refractivity contribution < 1.29 is 22.7 Å². The van der Waals surface area contributed by atoms with Crippen LogP contribution in [0.2, 0.25) is 0 Å². The predicted octanol–water partition coefficient (Wildman–Crippen LogP) is 6.60. The van der Waals surface area contributed by atoms with Gasteiger partial charge in [-0.25, -0.2) is 9.69 Å². The first kappa shape index (κ1) is 24.7. The lowest BCUT2D eigenvalue weighted by atomic mass is 10.1. The average Bonchev–Trinajstić information content (AvgIpc) is 3.16. The van der Waals surface area contributed by atoms with Gasteiger partial charge >= 0.3 is 12.3 Å². The van der Waals surface area contributed by atoms with Crippen LogP contribution >= 0.6 is 15.9 Å². The second-order valence-corrected chi connectivity index (χ2v) is 9.15. The number of rotatable bonds is 5. The maximum absolute atomic E-state index is 13.2. The van der Waals surface area contributed by atoms with E-state index in [4.69, 9.17) is 4.74 Å². The number of tetrazole rings is 1. The molecule has 0 saturated heterocycles. The SMILES string of the molecule is CCCn1nnc(-c2cc(Br)ccc2N(C(=O)OC(C)(C)C)c2ccc(C(F)(F)F)cc2)n1. The summed E-state index contributed by atoms with van der Waals surface area (Å²) in [6.07, 6.45) is -4.46. The largest absolute Gasteiger partial charge is 0.443 e. The van der Waals surface area contributed by atoms with Gasteiger partial charge in [-0.2, -0.15) is 18.0 Å². The molecule has 0 atom stereocenters. The molecule has 0 bridgehead atoms. The summed E-state index contributed by atoms with van der Waals surface area (Å²) in [5.41, 5.74) is -0.669. The van der Waals surface area contributed by atoms with E-state index < -0.39 is 23.4 Å². The fourth-order valence-electron chi connectivity index (χ4n) is 2.98. The third kappa shape index (κ3) is 6.10. The first-order valence-corrected chi connectivity index (χ1v) is 11.0. The molecule has 3 rings (SSSR count). The Hall–Kier alpha value is -2.95. The molecule has 0 aliphatic rings. The van der Waals surface area contributed by atoms with Gasteiger partial charge in [-0.15, -0.1) is 10.2 Å². The normalized spacial score (nSPS) is 12.0. The molecule has 2 aromatic carbocycles. The quantitative estimate of drug-likeness (QED) is 0.375. The van der Waals surface area contributed by atoms with Gasteiger partial charge in [0.05, 0.1) is 23.5 Å². The van der Waals surface area contributed by atoms with Gasteiger partial charge in [0.15, 0.2) is 0 Å². The van der Waals surface area contributed by atoms with Crippen LogP contribution in [-0.2, 0) is 17.5 Å². The molecule has 0 saturated carbocycles. The molecule has 0 aliphatic heterocycles. The van der Waals surface area contributed by atoms with Crippen molar-refractivity contribution in [2.24, 2.45) is 0 Å². The summed E-state index contributed by atoms with van der Waals surface area (Å²) in [7, 11) is 0. The summed E-state index contributed by atoms with van der Waals surface area (Å²) >= 11 is 3.41. The van der Waals surface area contributed by atoms with Crippen LogP contribution in [0.15, 0.2) is 46.9 Å². The van der Waals surface area contributed by atoms with E-state index in [-0.39, 0.29) is 11.5 Å². The molecule has 1 heterocycles. The first-order valence-electron chi connectivity index (χ1n) is 10.2. The molecule has 33 heavy (non-hydrogen) atoms. The van der Waals surface area contributed by atoms with Gasteiger partial charge in [0, 0.05) is 10.0 Å². The van der Waals surface area contributed by atoms with Crippen LogP contribution in [-0.4, -0.2) is 31.9 Å². The van der Waals surface area contributed by atoms with Crippen LogP contribution in [0.3, 0.4) is 0 Å². The van der Waals surface area contributed by atoms with Gasteiger partial charge < -0.3 is 4.74 Å². The third-order valence-electron chi connectivity index (χ3n) is 4.35. The van der Waals surface area contributed by atoms with Crippen molar-refractivity contribution in [3.63, 3.8) is 0 Å². The van der Waals surface area contributed by atoms with E-state index in [0.717, 1.165) is 18.6 Å². The molecular weight excluding hydrogens is 503 g/mol. The monoisotopic (exact) mass is 525 g/mol. The zero-order valence-corrected chi connectivity index (χ0v) is 20.1. The highest BCUT2D eigenvalue weighted by Gasteiger charge is 2.32. The number of nitrogens with zero attached hydrogens (tertiary/aromatic N) is 5. The minimum absolute atomic E-state index is 0.196. The highest BCUT2D eigenvalue weighted by Crippen LogP contribution is 2.38. The van der Waals surface area contributed by atoms with Crippen molar-refractivity contribution in [1.82, 2.24) is 20.2 Å². The van der Waals surface area contributed by atoms with Crippen molar-refractivity contribution in [2.75, 3.05) is 4.90 Å². The smallest absolute Gasteiger partial charge is 0.419 e. The van der Waals surface area contributed by atoms with E-state index in [1.807, 2.05) is 6.92 Å². The van der Waals surface area contributed by atoms with Crippen LogP contribution in [0.25, 0.3) is 11.4 Å². The minimum Gasteiger partial charge on any atom is -0.443 e. The lowest BCUT2D eigenvalue weighted by molar-refractivity contribution is -0.137. The number of ether oxygens (including phenoxy) is 1. The van der Waals surface area contributed by atoms with Crippen LogP contribution < -0.4 is 4.90 Å². The highest BCUT2D eigenvalue weighted by molar-refractivity contribution is 9.10. The number of amides is 1. The number of halogens is 4. The molecule has 0 radical (unpaired) electrons. The van der Waals surface area contributed by atoms with Crippen molar-refractivity contribution in [2.45, 2.75) is 52.4 Å². The van der Waals surface area contributed by atoms with E-state index in [0.29, 0.717) is 22.3 Å². The highest BCUT2D eigenvalue weighted by atomic mass is 79.9. The molecule has 0 N–H and O–H groups in total. The summed E-state index contributed by atoms with van der Waals surface area (Å²) in [6.45, 7) is 7.65. The Kier molecular flexibility index (Phi) is 7.11. The molecule has 0 spiro atoms. The number of hydrogen-bond acceptors (Lipinski definition) is 5. The van der Waals surface area contributed by atoms with Crippen LogP contribution in [0.1, 0.15) is 39.7 Å². The number of aromatic nitrogens is 4. The Balaban J connectivity index is 2.15. The number of carbonyl (C=O) groups excluding carboxylic acids is 1. The number of anilines is 2. The predicted molar refractivity (Wildman–Crippen MR) is 121 cm³/mol. The van der Waals surface area contributed by atoms with E-state index in [2.05, 4.69) is 31.3 Å². The fraction of sp³-hybridized carbons (Fsp3) is 0.364. The summed E-state index contributed by atoms with van der Waals surface area (Å²) < 4.78 is 45.5. The third-order valence-corrected chi connectivity index (χ3v) is 4.84. The van der Waals surface area contributed by atoms with Gasteiger partial charge in [0.2, 0.25) is 5.82 Å². The topological polar surface area (TPSA) is 73.1 Å². The molecule has 0 unspecified atom stereocenters. The van der Waals surface area contributed by atoms with Gasteiger partial charge in [-0.3, -0.25) is 0 Å². The maximum Gasteiger partial charge on any atom is 0.419 e. The second-order valence-electron chi connectivity index (χ2n) is 8.23. The molecule has 1 amide bonds. The Morgan fingerprint density at radius 1 is 1.12 bits per heavy atom. The second kappa shape index (κ2) is 9.50. The Morgan fingerprint density at radius 2 is 1.79 bits per heavy atom. The standard InChI is InChI=1S/C22H23BrF3N5O2/c1-5-12-30-28-19(27-29-30)17-13-15(23)8-11-18(17)31(20(32)33-21(2,3)4)16-9-6-14(7-10-16)22(24,25)26/h6-11,13H,5,12H2,1-4H3. The van der Waals surface area contributed by atoms with Crippen molar-refractivity contribution in [3.8, 4) is 11.4 Å². The lowest BCUT2D eigenvalue weighted by Gasteiger charge is -2.28. The Morgan fingerprint density at radius 3 is 2.36 bits per heavy atom. The minimum atomic E-state index is -4.50. The number of aryl methyl sites for hydroxylation is 1. The van der Waals surface area contributed by atoms with Crippen molar-refractivity contribution in [1.29, 1.82) is 0 Å². The molecule has 176 valence electrons. The molecule has 0 aliphatic carbocycles. The van der Waals surface area contributed by atoms with Crippen LogP contribution in [0, 0.1) is 0 Å². The number of hydrogen-bond donors (Lipinski definition) is 0. The molecular formula is C22H23BrF3N5O2. The lowest BCUT2D eigenvalue weighted by Crippen LogP contribution is -2.34. The van der Waals surface area contributed by atoms with Gasteiger partial charge in [-0.1, -0.05) is 22.9 Å². The van der Waals surface area contributed by atoms with Crippen LogP contribution in [0.5, 0.6) is 0 Å². The Bertz CT molecular complexity index is 1120. The number of carbonyl (C=O) groups is 1. The summed E-state index contributed by atoms with van der Waals surface area (Å²) in [6, 6.07) is 9.34. The van der Waals surface area contributed by atoms with Gasteiger partial charge in [0.1, 0.15) is 5.60 Å². The van der Waals surface area contributed by atoms with Crippen molar-refractivity contribution >= 4 is 33.4 Å². The molecule has 0 fully saturated rings. The first-order chi connectivity index (χ1) is 15.4. The molecule has 1 aromatic heterocycles. The zero-order valence-electron chi connectivity index (χ0n) is 18.5. The van der Waals surface area contributed by atoms with E-state index in [1.54, 1.807) is 39.0 Å². The molecule has 11 heteroatoms.